The lowest BCUT2D eigenvalue weighted by Crippen LogP contribution is -2.39. The second-order valence-corrected chi connectivity index (χ2v) is 38.5. The number of aryl methyl sites for hydroxylation is 13. The summed E-state index contributed by atoms with van der Waals surface area (Å²) in [7, 11) is 9.90. The van der Waals surface area contributed by atoms with Gasteiger partial charge in [-0.25, -0.2) is 28.8 Å². The number of aromatic nitrogens is 30. The number of furan rings is 1. The quantitative estimate of drug-likeness (QED) is 0.0532. The number of unbranched alkanes of at least 4 members (excludes halogenated alkanes) is 2. The Morgan fingerprint density at radius 2 is 0.753 bits per heavy atom. The molecule has 150 heavy (non-hydrogen) atoms. The third kappa shape index (κ3) is 17.7. The second kappa shape index (κ2) is 42.4. The van der Waals surface area contributed by atoms with Gasteiger partial charge in [0.1, 0.15) is 5.76 Å². The molecule has 792 valence electrons. The molecule has 19 heterocycles. The number of fused-ring (bicyclic) bond motifs is 18. The molecule has 0 aliphatic rings. The topological polar surface area (TPSA) is 451 Å². The standard InChI is InChI=1S/C19H21N5O3.C19H21N5O2.C18H21N5O3.C17H25N5O2.C17H23N5O2.C15H21N5O3/c1-5-22-17(26)15-16(21(4)19(22)27)20-18-23(11(2)12(3)24(15)18)14-8-6-7-13(9-14)10-25;1-5-22-17(25)15-16(21(4)19(22)26)20-18-23(15)11-12(2)24(18)13(3)14-9-7-6-8-10-14;1-5-8-21-16(24)14-15(20(4)18(21)25)19-17-22(10-13-7-6-9-26-13)11(2)12(3)23(14)17;1-7-8-20-15(23)13-14(19(6)17(20)24)18-16-21(9-10(2)3)11(4)12(5)22(13)16;1-5-7-9-20-12(3)11-22-13-14(18-16(20)22)19(4)17(24)21(15(13)23)10-8-6-2;1-4-5-6-19-13(22)11-12(17(3)15(19)23)16-14-18(7-8-21)10(2)9-20(11)14/h6-9,25H,5,10H2,1-4H3;6-11,13H,5H2,1-4H3;6-7,9H,5,8,10H2,1-4H3;10H,7-9H2,1-6H3;6,8,11H,5,7,9-10H2,1-4H3;9,21H,4-8H2,1-3H3/b;;;;8-6+;. The molecule has 1 unspecified atom stereocenters. The fourth-order valence-corrected chi connectivity index (χ4v) is 20.1. The largest absolute Gasteiger partial charge is 0.467 e. The van der Waals surface area contributed by atoms with Gasteiger partial charge in [0.15, 0.2) is 67.0 Å². The van der Waals surface area contributed by atoms with Gasteiger partial charge in [-0.3, -0.25) is 115 Å². The lowest BCUT2D eigenvalue weighted by atomic mass is 10.1. The van der Waals surface area contributed by atoms with Crippen molar-refractivity contribution in [1.29, 1.82) is 0 Å². The summed E-state index contributed by atoms with van der Waals surface area (Å²) in [6, 6.07) is 21.5. The van der Waals surface area contributed by atoms with E-state index in [-0.39, 0.29) is 93.3 Å². The Labute approximate surface area is 855 Å². The van der Waals surface area contributed by atoms with Gasteiger partial charge in [-0.05, 0) is 157 Å². The lowest BCUT2D eigenvalue weighted by Gasteiger charge is -2.16. The molecule has 45 nitrogen and oxygen atoms in total. The summed E-state index contributed by atoms with van der Waals surface area (Å²) >= 11 is 0. The van der Waals surface area contributed by atoms with E-state index in [9.17, 15) is 67.7 Å². The van der Waals surface area contributed by atoms with Gasteiger partial charge in [0, 0.05) is 177 Å². The van der Waals surface area contributed by atoms with Crippen molar-refractivity contribution in [2.45, 2.75) is 248 Å². The summed E-state index contributed by atoms with van der Waals surface area (Å²) in [6.07, 6.45) is 16.1. The van der Waals surface area contributed by atoms with Crippen LogP contribution in [0.3, 0.4) is 0 Å². The van der Waals surface area contributed by atoms with Crippen LogP contribution in [0.15, 0.2) is 166 Å². The van der Waals surface area contributed by atoms with E-state index in [1.165, 1.54) is 54.8 Å². The number of allylic oxidation sites excluding steroid dienone is 2. The molecule has 0 saturated carbocycles. The minimum absolute atomic E-state index is 0.0198. The van der Waals surface area contributed by atoms with E-state index < -0.39 is 0 Å². The minimum atomic E-state index is -0.376. The molecular weight excluding hydrogens is 1920 g/mol. The Morgan fingerprint density at radius 3 is 1.21 bits per heavy atom. The number of aliphatic hydroxyl groups is 2. The second-order valence-electron chi connectivity index (χ2n) is 38.5. The maximum Gasteiger partial charge on any atom is 0.332 e. The number of hydrogen-bond acceptors (Lipinski definition) is 21. The first-order valence-electron chi connectivity index (χ1n) is 50.7. The van der Waals surface area contributed by atoms with E-state index in [1.807, 2.05) is 201 Å². The Bertz CT molecular complexity index is 9720. The van der Waals surface area contributed by atoms with Crippen LogP contribution in [-0.2, 0) is 114 Å². The molecule has 0 bridgehead atoms. The molecule has 0 fully saturated rings. The van der Waals surface area contributed by atoms with Gasteiger partial charge in [0.05, 0.1) is 32.1 Å². The molecule has 1 atom stereocenters. The van der Waals surface area contributed by atoms with Gasteiger partial charge in [0.2, 0.25) is 34.7 Å². The van der Waals surface area contributed by atoms with Crippen LogP contribution in [0.5, 0.6) is 0 Å². The predicted molar refractivity (Wildman–Crippen MR) is 578 cm³/mol. The molecule has 0 amide bonds. The first kappa shape index (κ1) is 106. The highest BCUT2D eigenvalue weighted by atomic mass is 16.3. The average Bonchev–Trinajstić information content (AvgIpc) is 1.53. The van der Waals surface area contributed by atoms with Crippen molar-refractivity contribution < 1.29 is 14.6 Å². The monoisotopic (exact) mass is 2050 g/mol. The molecule has 0 saturated heterocycles. The van der Waals surface area contributed by atoms with Gasteiger partial charge in [-0.1, -0.05) is 109 Å². The van der Waals surface area contributed by atoms with Crippen LogP contribution in [0.25, 0.3) is 107 Å². The van der Waals surface area contributed by atoms with Gasteiger partial charge in [-0.15, -0.1) is 0 Å². The fraction of sp³-hybridized carbons (Fsp3) is 0.429. The van der Waals surface area contributed by atoms with Crippen molar-refractivity contribution in [3.63, 3.8) is 0 Å². The van der Waals surface area contributed by atoms with E-state index in [0.29, 0.717) is 154 Å². The van der Waals surface area contributed by atoms with Crippen molar-refractivity contribution in [1.82, 2.24) is 139 Å². The Morgan fingerprint density at radius 1 is 0.367 bits per heavy atom. The van der Waals surface area contributed by atoms with Gasteiger partial charge in [0.25, 0.3) is 33.4 Å². The van der Waals surface area contributed by atoms with E-state index in [1.54, 1.807) is 77.3 Å². The highest BCUT2D eigenvalue weighted by Crippen LogP contribution is 2.31. The summed E-state index contributed by atoms with van der Waals surface area (Å²) < 4.78 is 44.7. The predicted octanol–water partition coefficient (Wildman–Crippen LogP) is 9.09. The summed E-state index contributed by atoms with van der Waals surface area (Å²) in [5.74, 6) is 5.13. The third-order valence-electron chi connectivity index (χ3n) is 28.4. The van der Waals surface area contributed by atoms with Crippen LogP contribution < -0.4 is 67.5 Å². The zero-order valence-electron chi connectivity index (χ0n) is 89.8. The molecule has 0 aliphatic heterocycles. The summed E-state index contributed by atoms with van der Waals surface area (Å²) in [6.45, 7) is 42.3. The number of hydrogen-bond donors (Lipinski definition) is 2. The maximum absolute atomic E-state index is 13.0. The number of imidazole rings is 12. The van der Waals surface area contributed by atoms with Crippen LogP contribution in [0, 0.1) is 68.2 Å². The van der Waals surface area contributed by atoms with Gasteiger partial charge < -0.3 is 37.5 Å². The first-order valence-corrected chi connectivity index (χ1v) is 50.7. The zero-order chi connectivity index (χ0) is 109. The van der Waals surface area contributed by atoms with Crippen molar-refractivity contribution in [3.05, 3.63) is 297 Å². The molecule has 45 heteroatoms. The van der Waals surface area contributed by atoms with Crippen LogP contribution in [0.1, 0.15) is 182 Å². The SMILES string of the molecule is C/C=C/Cn1c(=O)c2c(nc3n(CCCC)c(C)cn23)n(C)c1=O.CCCCn1c(=O)c2c(nc3n(CCO)c(C)cn23)n(C)c1=O.CCCn1c(=O)c2c(nc3n(CC(C)C)c(C)c(C)n23)n(C)c1=O.CCCn1c(=O)c2c(nc3n(Cc4ccco4)c(C)c(C)n23)n(C)c1=O.CCn1c(=O)c2c(nc3n(-c4cccc(CO)c4)c(C)c(C)n23)n(C)c1=O.CCn1c(=O)c2c(nc3n(C(C)c4ccccc4)c(C)cn23)n(C)c1=O. The molecule has 21 rings (SSSR count). The van der Waals surface area contributed by atoms with Crippen LogP contribution >= 0.6 is 0 Å². The van der Waals surface area contributed by atoms with Crippen molar-refractivity contribution >= 4 is 102 Å². The minimum Gasteiger partial charge on any atom is -0.467 e. The van der Waals surface area contributed by atoms with Gasteiger partial charge in [-0.2, -0.15) is 29.9 Å². The van der Waals surface area contributed by atoms with Gasteiger partial charge >= 0.3 is 34.1 Å². The molecule has 0 radical (unpaired) electrons. The van der Waals surface area contributed by atoms with Crippen LogP contribution in [0.2, 0.25) is 0 Å². The van der Waals surface area contributed by atoms with Crippen LogP contribution in [0.4, 0.5) is 0 Å². The molecule has 0 aliphatic carbocycles. The van der Waals surface area contributed by atoms with E-state index in [2.05, 4.69) is 83.4 Å². The van der Waals surface area contributed by atoms with Crippen LogP contribution in [-0.4, -0.2) is 155 Å². The Balaban J connectivity index is 0.000000128. The number of rotatable bonds is 24. The smallest absolute Gasteiger partial charge is 0.332 e. The fourth-order valence-electron chi connectivity index (χ4n) is 20.1. The normalized spacial score (nSPS) is 12.1. The van der Waals surface area contributed by atoms with Crippen molar-refractivity contribution in [2.75, 3.05) is 6.61 Å². The lowest BCUT2D eigenvalue weighted by molar-refractivity contribution is 0.276. The molecule has 21 aromatic rings. The number of benzene rings is 2. The molecule has 2 N–H and O–H groups in total. The Hall–Kier alpha value is -16.5. The summed E-state index contributed by atoms with van der Waals surface area (Å²) in [5, 5.41) is 18.7. The number of aliphatic hydroxyl groups excluding tert-OH is 2. The van der Waals surface area contributed by atoms with E-state index in [0.717, 1.165) is 125 Å². The summed E-state index contributed by atoms with van der Waals surface area (Å²) in [5.41, 5.74) is 12.7. The first-order chi connectivity index (χ1) is 71.6. The average molecular weight is 2050 g/mol. The van der Waals surface area contributed by atoms with E-state index in [4.69, 9.17) is 4.42 Å². The molecule has 2 aromatic carbocycles. The highest BCUT2D eigenvalue weighted by molar-refractivity contribution is 5.81. The Kier molecular flexibility index (Phi) is 30.0. The maximum atomic E-state index is 13.0. The molecule has 0 spiro atoms. The molecule has 19 aromatic heterocycles. The van der Waals surface area contributed by atoms with Crippen molar-refractivity contribution in [3.8, 4) is 5.69 Å². The van der Waals surface area contributed by atoms with E-state index >= 15 is 0 Å². The number of nitrogens with zero attached hydrogens (tertiary/aromatic N) is 30. The van der Waals surface area contributed by atoms with Crippen molar-refractivity contribution in [2.24, 2.45) is 48.2 Å². The highest BCUT2D eigenvalue weighted by Gasteiger charge is 2.31. The summed E-state index contributed by atoms with van der Waals surface area (Å²) in [4.78, 5) is 180. The molecular formula is C105H132N30O15. The zero-order valence-corrected chi connectivity index (χ0v) is 89.8. The third-order valence-corrected chi connectivity index (χ3v) is 28.4.